The third kappa shape index (κ3) is 2.77. The van der Waals surface area contributed by atoms with Gasteiger partial charge in [-0.2, -0.15) is 0 Å². The average molecular weight is 245 g/mol. The molecule has 0 amide bonds. The van der Waals surface area contributed by atoms with E-state index in [4.69, 9.17) is 5.73 Å². The molecular formula is C12H23NO2S. The van der Waals surface area contributed by atoms with Crippen LogP contribution in [-0.2, 0) is 9.84 Å². The molecule has 4 atom stereocenters. The van der Waals surface area contributed by atoms with Crippen LogP contribution in [0.1, 0.15) is 44.9 Å². The van der Waals surface area contributed by atoms with Gasteiger partial charge in [-0.3, -0.25) is 0 Å². The molecule has 2 aliphatic carbocycles. The molecule has 4 unspecified atom stereocenters. The van der Waals surface area contributed by atoms with Crippen LogP contribution in [0.3, 0.4) is 0 Å². The van der Waals surface area contributed by atoms with Gasteiger partial charge < -0.3 is 5.73 Å². The van der Waals surface area contributed by atoms with E-state index < -0.39 is 9.84 Å². The number of nitrogens with two attached hydrogens (primary N) is 1. The highest BCUT2D eigenvalue weighted by atomic mass is 32.2. The average Bonchev–Trinajstić information content (AvgIpc) is 2.64. The Kier molecular flexibility index (Phi) is 3.59. The van der Waals surface area contributed by atoms with Crippen LogP contribution in [0.5, 0.6) is 0 Å². The topological polar surface area (TPSA) is 60.2 Å². The van der Waals surface area contributed by atoms with E-state index >= 15 is 0 Å². The lowest BCUT2D eigenvalue weighted by Crippen LogP contribution is -2.30. The summed E-state index contributed by atoms with van der Waals surface area (Å²) in [4.78, 5) is 0. The molecule has 2 fully saturated rings. The minimum atomic E-state index is -2.83. The van der Waals surface area contributed by atoms with Crippen LogP contribution in [0.25, 0.3) is 0 Å². The van der Waals surface area contributed by atoms with E-state index in [2.05, 4.69) is 0 Å². The van der Waals surface area contributed by atoms with E-state index in [1.165, 1.54) is 19.1 Å². The summed E-state index contributed by atoms with van der Waals surface area (Å²) in [6.45, 7) is 0. The summed E-state index contributed by atoms with van der Waals surface area (Å²) in [6, 6.07) is 0.364. The summed E-state index contributed by atoms with van der Waals surface area (Å²) in [6.07, 6.45) is 8.89. The standard InChI is InChI=1S/C12H23NO2S/c1-16(14,15)12-4-2-3-9(8-12)10-5-6-11(13)7-10/h9-12H,2-8,13H2,1H3. The maximum atomic E-state index is 11.6. The molecule has 0 radical (unpaired) electrons. The van der Waals surface area contributed by atoms with Gasteiger partial charge in [0.1, 0.15) is 9.84 Å². The van der Waals surface area contributed by atoms with Gasteiger partial charge in [0, 0.05) is 12.3 Å². The second-order valence-corrected chi connectivity index (χ2v) is 8.04. The fourth-order valence-corrected chi connectivity index (χ4v) is 4.67. The van der Waals surface area contributed by atoms with Gasteiger partial charge in [-0.1, -0.05) is 12.8 Å². The zero-order chi connectivity index (χ0) is 11.8. The first-order valence-electron chi connectivity index (χ1n) is 6.41. The minimum Gasteiger partial charge on any atom is -0.328 e. The summed E-state index contributed by atoms with van der Waals surface area (Å²) in [5.41, 5.74) is 5.93. The first-order valence-corrected chi connectivity index (χ1v) is 8.36. The second-order valence-electron chi connectivity index (χ2n) is 5.71. The van der Waals surface area contributed by atoms with Crippen LogP contribution in [0, 0.1) is 11.8 Å². The fourth-order valence-electron chi connectivity index (χ4n) is 3.48. The van der Waals surface area contributed by atoms with Crippen LogP contribution in [-0.4, -0.2) is 26.0 Å². The molecule has 0 bridgehead atoms. The summed E-state index contributed by atoms with van der Waals surface area (Å²) < 4.78 is 23.2. The van der Waals surface area contributed by atoms with Crippen LogP contribution < -0.4 is 5.73 Å². The molecule has 0 aromatic carbocycles. The molecular weight excluding hydrogens is 222 g/mol. The maximum Gasteiger partial charge on any atom is 0.150 e. The fraction of sp³-hybridized carbons (Fsp3) is 1.00. The highest BCUT2D eigenvalue weighted by Crippen LogP contribution is 2.40. The van der Waals surface area contributed by atoms with E-state index in [-0.39, 0.29) is 5.25 Å². The van der Waals surface area contributed by atoms with Gasteiger partial charge >= 0.3 is 0 Å². The molecule has 0 saturated heterocycles. The predicted molar refractivity (Wildman–Crippen MR) is 65.9 cm³/mol. The Hall–Kier alpha value is -0.0900. The zero-order valence-corrected chi connectivity index (χ0v) is 10.9. The maximum absolute atomic E-state index is 11.6. The van der Waals surface area contributed by atoms with Crippen molar-refractivity contribution in [3.05, 3.63) is 0 Å². The van der Waals surface area contributed by atoms with Crippen molar-refractivity contribution >= 4 is 9.84 Å². The van der Waals surface area contributed by atoms with E-state index in [1.807, 2.05) is 0 Å². The van der Waals surface area contributed by atoms with Crippen molar-refractivity contribution in [3.63, 3.8) is 0 Å². The molecule has 0 heterocycles. The second kappa shape index (κ2) is 4.65. The summed E-state index contributed by atoms with van der Waals surface area (Å²) >= 11 is 0. The Morgan fingerprint density at radius 3 is 2.25 bits per heavy atom. The third-order valence-corrected chi connectivity index (χ3v) is 6.09. The van der Waals surface area contributed by atoms with Gasteiger partial charge in [0.25, 0.3) is 0 Å². The molecule has 4 heteroatoms. The highest BCUT2D eigenvalue weighted by molar-refractivity contribution is 7.91. The molecule has 16 heavy (non-hydrogen) atoms. The van der Waals surface area contributed by atoms with E-state index in [1.54, 1.807) is 0 Å². The molecule has 2 aliphatic rings. The summed E-state index contributed by atoms with van der Waals surface area (Å²) in [7, 11) is -2.83. The smallest absolute Gasteiger partial charge is 0.150 e. The molecule has 2 N–H and O–H groups in total. The van der Waals surface area contributed by atoms with Gasteiger partial charge in [-0.15, -0.1) is 0 Å². The molecule has 2 rings (SSSR count). The van der Waals surface area contributed by atoms with Crippen molar-refractivity contribution in [2.24, 2.45) is 17.6 Å². The van der Waals surface area contributed by atoms with E-state index in [0.717, 1.165) is 32.1 Å². The van der Waals surface area contributed by atoms with Crippen LogP contribution >= 0.6 is 0 Å². The Morgan fingerprint density at radius 1 is 1.00 bits per heavy atom. The van der Waals surface area contributed by atoms with Crippen molar-refractivity contribution in [1.29, 1.82) is 0 Å². The summed E-state index contributed by atoms with van der Waals surface area (Å²) in [5.74, 6) is 1.31. The molecule has 0 aliphatic heterocycles. The van der Waals surface area contributed by atoms with Crippen molar-refractivity contribution in [2.75, 3.05) is 6.26 Å². The van der Waals surface area contributed by atoms with Crippen LogP contribution in [0.15, 0.2) is 0 Å². The number of rotatable bonds is 2. The van der Waals surface area contributed by atoms with Gasteiger partial charge in [0.05, 0.1) is 5.25 Å². The Morgan fingerprint density at radius 2 is 1.69 bits per heavy atom. The molecule has 3 nitrogen and oxygen atoms in total. The first kappa shape index (κ1) is 12.4. The normalized spacial score (nSPS) is 41.1. The molecule has 0 aromatic heterocycles. The number of hydrogen-bond donors (Lipinski definition) is 1. The van der Waals surface area contributed by atoms with E-state index in [9.17, 15) is 8.42 Å². The van der Waals surface area contributed by atoms with Crippen LogP contribution in [0.2, 0.25) is 0 Å². The largest absolute Gasteiger partial charge is 0.328 e. The minimum absolute atomic E-state index is 0.0805. The van der Waals surface area contributed by atoms with Crippen LogP contribution in [0.4, 0.5) is 0 Å². The van der Waals surface area contributed by atoms with Gasteiger partial charge in [0.2, 0.25) is 0 Å². The number of sulfone groups is 1. The Balaban J connectivity index is 1.97. The molecule has 2 saturated carbocycles. The number of hydrogen-bond acceptors (Lipinski definition) is 3. The van der Waals surface area contributed by atoms with Crippen molar-refractivity contribution in [1.82, 2.24) is 0 Å². The van der Waals surface area contributed by atoms with Gasteiger partial charge in [-0.05, 0) is 43.9 Å². The SMILES string of the molecule is CS(=O)(=O)C1CCCC(C2CCC(N)C2)C1. The monoisotopic (exact) mass is 245 g/mol. The highest BCUT2D eigenvalue weighted by Gasteiger charge is 2.35. The van der Waals surface area contributed by atoms with Gasteiger partial charge in [-0.25, -0.2) is 8.42 Å². The van der Waals surface area contributed by atoms with Crippen molar-refractivity contribution in [3.8, 4) is 0 Å². The quantitative estimate of drug-likeness (QED) is 0.806. The molecule has 0 aromatic rings. The lowest BCUT2D eigenvalue weighted by molar-refractivity contribution is 0.251. The Labute approximate surface area is 98.7 Å². The lowest BCUT2D eigenvalue weighted by Gasteiger charge is -2.32. The van der Waals surface area contributed by atoms with Gasteiger partial charge in [0.15, 0.2) is 0 Å². The Bertz CT molecular complexity index is 339. The lowest BCUT2D eigenvalue weighted by atomic mass is 9.79. The molecule has 94 valence electrons. The van der Waals surface area contributed by atoms with Crippen molar-refractivity contribution < 1.29 is 8.42 Å². The molecule has 0 spiro atoms. The first-order chi connectivity index (χ1) is 7.47. The predicted octanol–water partition coefficient (Wildman–Crippen LogP) is 1.72. The summed E-state index contributed by atoms with van der Waals surface area (Å²) in [5, 5.41) is -0.0805. The van der Waals surface area contributed by atoms with E-state index in [0.29, 0.717) is 17.9 Å². The zero-order valence-electron chi connectivity index (χ0n) is 10.1. The van der Waals surface area contributed by atoms with Crippen molar-refractivity contribution in [2.45, 2.75) is 56.2 Å². The third-order valence-electron chi connectivity index (χ3n) is 4.45.